The maximum Gasteiger partial charge on any atom is 0.0562 e. The fourth-order valence-corrected chi connectivity index (χ4v) is 2.62. The third-order valence-corrected chi connectivity index (χ3v) is 3.76. The van der Waals surface area contributed by atoms with Gasteiger partial charge in [-0.3, -0.25) is 4.98 Å². The van der Waals surface area contributed by atoms with Gasteiger partial charge < -0.3 is 15.1 Å². The highest BCUT2D eigenvalue weighted by Gasteiger charge is 2.21. The molecule has 0 spiro atoms. The Hall–Kier alpha value is -1.13. The molecule has 1 N–H and O–H groups in total. The Kier molecular flexibility index (Phi) is 4.66. The molecule has 1 saturated heterocycles. The molecule has 1 aromatic rings. The topological polar surface area (TPSA) is 31.4 Å². The molecule has 1 aliphatic heterocycles. The predicted molar refractivity (Wildman–Crippen MR) is 85.1 cm³/mol. The molecule has 1 atom stereocenters. The summed E-state index contributed by atoms with van der Waals surface area (Å²) in [5, 5.41) is 3.50. The molecule has 2 rings (SSSR count). The summed E-state index contributed by atoms with van der Waals surface area (Å²) in [6.45, 7) is 13.0. The first-order chi connectivity index (χ1) is 9.35. The summed E-state index contributed by atoms with van der Waals surface area (Å²) in [6, 6.07) is 4.91. The largest absolute Gasteiger partial charge is 0.366 e. The van der Waals surface area contributed by atoms with Gasteiger partial charge in [-0.2, -0.15) is 0 Å². The van der Waals surface area contributed by atoms with Crippen LogP contribution in [-0.4, -0.2) is 48.1 Å². The van der Waals surface area contributed by atoms with Gasteiger partial charge in [0.05, 0.1) is 5.69 Å². The molecule has 2 heterocycles. The normalized spacial score (nSPS) is 21.2. The van der Waals surface area contributed by atoms with E-state index in [2.05, 4.69) is 67.0 Å². The van der Waals surface area contributed by atoms with Crippen molar-refractivity contribution in [3.63, 3.8) is 0 Å². The van der Waals surface area contributed by atoms with E-state index in [1.54, 1.807) is 0 Å². The van der Waals surface area contributed by atoms with Crippen LogP contribution in [0.5, 0.6) is 0 Å². The van der Waals surface area contributed by atoms with Crippen molar-refractivity contribution in [3.8, 4) is 0 Å². The molecule has 0 amide bonds. The third kappa shape index (κ3) is 4.18. The highest BCUT2D eigenvalue weighted by molar-refractivity contribution is 5.48. The lowest BCUT2D eigenvalue weighted by Gasteiger charge is -2.39. The maximum atomic E-state index is 4.48. The van der Waals surface area contributed by atoms with Crippen LogP contribution in [0.3, 0.4) is 0 Å². The Morgan fingerprint density at radius 3 is 2.75 bits per heavy atom. The zero-order valence-electron chi connectivity index (χ0n) is 13.5. The molecule has 1 aliphatic rings. The number of rotatable bonds is 3. The van der Waals surface area contributed by atoms with E-state index >= 15 is 0 Å². The summed E-state index contributed by atoms with van der Waals surface area (Å²) in [5.41, 5.74) is 2.54. The second-order valence-corrected chi connectivity index (χ2v) is 6.91. The van der Waals surface area contributed by atoms with E-state index < -0.39 is 0 Å². The first-order valence-corrected chi connectivity index (χ1v) is 7.50. The summed E-state index contributed by atoms with van der Waals surface area (Å²) < 4.78 is 0. The number of anilines is 1. The molecule has 0 saturated carbocycles. The highest BCUT2D eigenvalue weighted by Crippen LogP contribution is 2.20. The Bertz CT molecular complexity index is 438. The van der Waals surface area contributed by atoms with Crippen LogP contribution in [0.15, 0.2) is 18.3 Å². The van der Waals surface area contributed by atoms with Gasteiger partial charge in [-0.1, -0.05) is 0 Å². The number of nitrogens with zero attached hydrogens (tertiary/aromatic N) is 3. The first kappa shape index (κ1) is 15.3. The number of nitrogens with one attached hydrogen (secondary N) is 1. The molecular formula is C16H28N4. The minimum absolute atomic E-state index is 0.124. The molecule has 0 radical (unpaired) electrons. The van der Waals surface area contributed by atoms with E-state index in [-0.39, 0.29) is 5.54 Å². The number of hydrogen-bond donors (Lipinski definition) is 1. The number of piperazine rings is 1. The summed E-state index contributed by atoms with van der Waals surface area (Å²) in [4.78, 5) is 9.36. The van der Waals surface area contributed by atoms with Crippen molar-refractivity contribution in [3.05, 3.63) is 24.0 Å². The van der Waals surface area contributed by atoms with Crippen molar-refractivity contribution in [2.24, 2.45) is 0 Å². The summed E-state index contributed by atoms with van der Waals surface area (Å²) in [5.74, 6) is 0. The molecule has 112 valence electrons. The molecule has 0 aromatic carbocycles. The van der Waals surface area contributed by atoms with E-state index in [0.717, 1.165) is 31.9 Å². The van der Waals surface area contributed by atoms with E-state index in [4.69, 9.17) is 0 Å². The van der Waals surface area contributed by atoms with Gasteiger partial charge in [0.25, 0.3) is 0 Å². The zero-order valence-corrected chi connectivity index (χ0v) is 13.5. The Morgan fingerprint density at radius 2 is 2.10 bits per heavy atom. The average Bonchev–Trinajstić information content (AvgIpc) is 2.36. The van der Waals surface area contributed by atoms with Gasteiger partial charge in [-0.15, -0.1) is 0 Å². The SMILES string of the molecule is CC1CN(C)CCN1c1ccnc(CNC(C)(C)C)c1. The quantitative estimate of drug-likeness (QED) is 0.916. The number of aromatic nitrogens is 1. The number of hydrogen-bond acceptors (Lipinski definition) is 4. The average molecular weight is 276 g/mol. The van der Waals surface area contributed by atoms with Crippen molar-refractivity contribution < 1.29 is 0 Å². The van der Waals surface area contributed by atoms with Gasteiger partial charge in [0.15, 0.2) is 0 Å². The Morgan fingerprint density at radius 1 is 1.35 bits per heavy atom. The lowest BCUT2D eigenvalue weighted by Crippen LogP contribution is -2.50. The van der Waals surface area contributed by atoms with Crippen molar-refractivity contribution in [2.75, 3.05) is 31.6 Å². The van der Waals surface area contributed by atoms with E-state index in [9.17, 15) is 0 Å². The Balaban J connectivity index is 2.05. The first-order valence-electron chi connectivity index (χ1n) is 7.50. The van der Waals surface area contributed by atoms with Crippen LogP contribution in [0.1, 0.15) is 33.4 Å². The molecule has 1 unspecified atom stereocenters. The Labute approximate surface area is 123 Å². The number of pyridine rings is 1. The van der Waals surface area contributed by atoms with Gasteiger partial charge in [0.1, 0.15) is 0 Å². The smallest absolute Gasteiger partial charge is 0.0562 e. The lowest BCUT2D eigenvalue weighted by atomic mass is 10.1. The van der Waals surface area contributed by atoms with E-state index in [1.807, 2.05) is 6.20 Å². The fourth-order valence-electron chi connectivity index (χ4n) is 2.62. The van der Waals surface area contributed by atoms with Crippen molar-refractivity contribution in [2.45, 2.75) is 45.8 Å². The van der Waals surface area contributed by atoms with E-state index in [1.165, 1.54) is 5.69 Å². The fraction of sp³-hybridized carbons (Fsp3) is 0.688. The van der Waals surface area contributed by atoms with Crippen molar-refractivity contribution in [1.82, 2.24) is 15.2 Å². The second kappa shape index (κ2) is 6.10. The van der Waals surface area contributed by atoms with Crippen LogP contribution in [-0.2, 0) is 6.54 Å². The predicted octanol–water partition coefficient (Wildman–Crippen LogP) is 2.11. The summed E-state index contributed by atoms with van der Waals surface area (Å²) in [6.07, 6.45) is 1.93. The second-order valence-electron chi connectivity index (χ2n) is 6.91. The third-order valence-electron chi connectivity index (χ3n) is 3.76. The van der Waals surface area contributed by atoms with Gasteiger partial charge in [-0.05, 0) is 46.9 Å². The molecule has 20 heavy (non-hydrogen) atoms. The molecule has 0 bridgehead atoms. The van der Waals surface area contributed by atoms with E-state index in [0.29, 0.717) is 6.04 Å². The molecule has 4 heteroatoms. The minimum atomic E-state index is 0.124. The molecule has 0 aliphatic carbocycles. The van der Waals surface area contributed by atoms with Crippen molar-refractivity contribution >= 4 is 5.69 Å². The monoisotopic (exact) mass is 276 g/mol. The highest BCUT2D eigenvalue weighted by atomic mass is 15.3. The van der Waals surface area contributed by atoms with Gasteiger partial charge in [0, 0.05) is 49.6 Å². The van der Waals surface area contributed by atoms with Crippen LogP contribution in [0, 0.1) is 0 Å². The van der Waals surface area contributed by atoms with Gasteiger partial charge >= 0.3 is 0 Å². The van der Waals surface area contributed by atoms with Gasteiger partial charge in [-0.25, -0.2) is 0 Å². The lowest BCUT2D eigenvalue weighted by molar-refractivity contribution is 0.275. The van der Waals surface area contributed by atoms with Crippen LogP contribution < -0.4 is 10.2 Å². The summed E-state index contributed by atoms with van der Waals surface area (Å²) in [7, 11) is 2.19. The standard InChI is InChI=1S/C16H28N4/c1-13-12-19(5)8-9-20(13)15-6-7-17-14(10-15)11-18-16(2,3)4/h6-7,10,13,18H,8-9,11-12H2,1-5H3. The minimum Gasteiger partial charge on any atom is -0.366 e. The van der Waals surface area contributed by atoms with Crippen LogP contribution in [0.4, 0.5) is 5.69 Å². The maximum absolute atomic E-state index is 4.48. The number of likely N-dealkylation sites (N-methyl/N-ethyl adjacent to an activating group) is 1. The van der Waals surface area contributed by atoms with Crippen LogP contribution in [0.2, 0.25) is 0 Å². The van der Waals surface area contributed by atoms with Crippen LogP contribution in [0.25, 0.3) is 0 Å². The molecule has 4 nitrogen and oxygen atoms in total. The van der Waals surface area contributed by atoms with Crippen molar-refractivity contribution in [1.29, 1.82) is 0 Å². The van der Waals surface area contributed by atoms with Gasteiger partial charge in [0.2, 0.25) is 0 Å². The summed E-state index contributed by atoms with van der Waals surface area (Å²) >= 11 is 0. The molecule has 1 fully saturated rings. The van der Waals surface area contributed by atoms with Crippen LogP contribution >= 0.6 is 0 Å². The molecule has 1 aromatic heterocycles. The zero-order chi connectivity index (χ0) is 14.8. The molecular weight excluding hydrogens is 248 g/mol.